The van der Waals surface area contributed by atoms with Crippen molar-refractivity contribution in [2.45, 2.75) is 4.90 Å². The molecule has 1 aliphatic heterocycles. The number of piperazine rings is 1. The zero-order valence-electron chi connectivity index (χ0n) is 10.6. The third-order valence-corrected chi connectivity index (χ3v) is 5.09. The Labute approximate surface area is 116 Å². The summed E-state index contributed by atoms with van der Waals surface area (Å²) in [6.45, 7) is 1.16. The standard InChI is InChI=1S/C12H13F2N3O2S/c13-10-2-1-3-11(14)12(10)20(18,19)17-8-6-16(5-4-15)7-9-17/h1-3H,5-9H2. The predicted molar refractivity (Wildman–Crippen MR) is 67.2 cm³/mol. The number of hydrogen-bond acceptors (Lipinski definition) is 4. The van der Waals surface area contributed by atoms with E-state index in [1.165, 1.54) is 0 Å². The smallest absolute Gasteiger partial charge is 0.249 e. The SMILES string of the molecule is N#CCN1CCN(S(=O)(=O)c2c(F)cccc2F)CC1. The second-order valence-corrected chi connectivity index (χ2v) is 6.26. The van der Waals surface area contributed by atoms with Crippen molar-refractivity contribution in [2.75, 3.05) is 32.7 Å². The van der Waals surface area contributed by atoms with Gasteiger partial charge in [0.25, 0.3) is 0 Å². The van der Waals surface area contributed by atoms with Crippen LogP contribution in [0.2, 0.25) is 0 Å². The lowest BCUT2D eigenvalue weighted by molar-refractivity contribution is 0.205. The molecule has 20 heavy (non-hydrogen) atoms. The molecule has 0 saturated carbocycles. The van der Waals surface area contributed by atoms with Gasteiger partial charge in [-0.25, -0.2) is 17.2 Å². The highest BCUT2D eigenvalue weighted by atomic mass is 32.2. The molecule has 8 heteroatoms. The van der Waals surface area contributed by atoms with E-state index in [1.54, 1.807) is 4.90 Å². The van der Waals surface area contributed by atoms with E-state index >= 15 is 0 Å². The largest absolute Gasteiger partial charge is 0.288 e. The first-order valence-electron chi connectivity index (χ1n) is 6.00. The Morgan fingerprint density at radius 1 is 1.15 bits per heavy atom. The predicted octanol–water partition coefficient (Wildman–Crippen LogP) is 0.795. The van der Waals surface area contributed by atoms with Crippen molar-refractivity contribution in [3.63, 3.8) is 0 Å². The van der Waals surface area contributed by atoms with Crippen LogP contribution in [0.4, 0.5) is 8.78 Å². The average molecular weight is 301 g/mol. The first-order valence-corrected chi connectivity index (χ1v) is 7.44. The van der Waals surface area contributed by atoms with Crippen LogP contribution < -0.4 is 0 Å². The minimum Gasteiger partial charge on any atom is -0.288 e. The lowest BCUT2D eigenvalue weighted by Gasteiger charge is -2.32. The van der Waals surface area contributed by atoms with Gasteiger partial charge in [0, 0.05) is 26.2 Å². The first kappa shape index (κ1) is 14.8. The van der Waals surface area contributed by atoms with Gasteiger partial charge >= 0.3 is 0 Å². The number of rotatable bonds is 3. The summed E-state index contributed by atoms with van der Waals surface area (Å²) in [5.41, 5.74) is 0. The highest BCUT2D eigenvalue weighted by Gasteiger charge is 2.32. The Morgan fingerprint density at radius 2 is 1.70 bits per heavy atom. The molecule has 0 radical (unpaired) electrons. The van der Waals surface area contributed by atoms with Gasteiger partial charge in [-0.3, -0.25) is 4.90 Å². The summed E-state index contributed by atoms with van der Waals surface area (Å²) in [7, 11) is -4.19. The zero-order chi connectivity index (χ0) is 14.8. The molecule has 1 aromatic rings. The maximum absolute atomic E-state index is 13.6. The second-order valence-electron chi connectivity index (χ2n) is 4.39. The van der Waals surface area contributed by atoms with Gasteiger partial charge < -0.3 is 0 Å². The Bertz CT molecular complexity index is 614. The molecule has 1 saturated heterocycles. The number of halogens is 2. The van der Waals surface area contributed by atoms with E-state index in [0.717, 1.165) is 22.5 Å². The molecule has 0 amide bonds. The van der Waals surface area contributed by atoms with Crippen LogP contribution in [-0.2, 0) is 10.0 Å². The summed E-state index contributed by atoms with van der Waals surface area (Å²) < 4.78 is 52.8. The quantitative estimate of drug-likeness (QED) is 0.775. The molecule has 1 aromatic carbocycles. The molecule has 0 N–H and O–H groups in total. The summed E-state index contributed by atoms with van der Waals surface area (Å²) in [6.07, 6.45) is 0. The van der Waals surface area contributed by atoms with Crippen LogP contribution in [-0.4, -0.2) is 50.3 Å². The Kier molecular flexibility index (Phi) is 4.32. The Hall–Kier alpha value is -1.56. The number of sulfonamides is 1. The third kappa shape index (κ3) is 2.80. The highest BCUT2D eigenvalue weighted by molar-refractivity contribution is 7.89. The van der Waals surface area contributed by atoms with Gasteiger partial charge in [-0.05, 0) is 12.1 Å². The molecule has 1 heterocycles. The van der Waals surface area contributed by atoms with Crippen molar-refractivity contribution in [1.82, 2.24) is 9.21 Å². The van der Waals surface area contributed by atoms with Crippen LogP contribution in [0.5, 0.6) is 0 Å². The van der Waals surface area contributed by atoms with Gasteiger partial charge in [0.1, 0.15) is 11.6 Å². The van der Waals surface area contributed by atoms with Gasteiger partial charge in [0.2, 0.25) is 10.0 Å². The first-order chi connectivity index (χ1) is 9.46. The molecule has 1 aliphatic rings. The molecule has 0 spiro atoms. The van der Waals surface area contributed by atoms with Crippen molar-refractivity contribution < 1.29 is 17.2 Å². The Balaban J connectivity index is 2.23. The fourth-order valence-electron chi connectivity index (χ4n) is 2.09. The fraction of sp³-hybridized carbons (Fsp3) is 0.417. The molecule has 5 nitrogen and oxygen atoms in total. The summed E-state index contributed by atoms with van der Waals surface area (Å²) in [5.74, 6) is -2.19. The molecular weight excluding hydrogens is 288 g/mol. The zero-order valence-corrected chi connectivity index (χ0v) is 11.4. The summed E-state index contributed by atoms with van der Waals surface area (Å²) in [4.78, 5) is 0.873. The van der Waals surface area contributed by atoms with Gasteiger partial charge in [0.05, 0.1) is 12.6 Å². The van der Waals surface area contributed by atoms with Crippen LogP contribution >= 0.6 is 0 Å². The lowest BCUT2D eigenvalue weighted by atomic mass is 10.3. The van der Waals surface area contributed by atoms with E-state index in [0.29, 0.717) is 13.1 Å². The number of nitrogens with zero attached hydrogens (tertiary/aromatic N) is 3. The molecule has 0 atom stereocenters. The maximum Gasteiger partial charge on any atom is 0.249 e. The second kappa shape index (κ2) is 5.83. The molecule has 0 aliphatic carbocycles. The van der Waals surface area contributed by atoms with Crippen molar-refractivity contribution in [3.05, 3.63) is 29.8 Å². The molecule has 0 bridgehead atoms. The van der Waals surface area contributed by atoms with Crippen LogP contribution in [0.1, 0.15) is 0 Å². The monoisotopic (exact) mass is 301 g/mol. The summed E-state index contributed by atoms with van der Waals surface area (Å²) >= 11 is 0. The molecule has 1 fully saturated rings. The minimum absolute atomic E-state index is 0.109. The maximum atomic E-state index is 13.6. The van der Waals surface area contributed by atoms with E-state index in [4.69, 9.17) is 5.26 Å². The Morgan fingerprint density at radius 3 is 2.20 bits per heavy atom. The van der Waals surface area contributed by atoms with Gasteiger partial charge in [-0.1, -0.05) is 6.07 Å². The van der Waals surface area contributed by atoms with Crippen LogP contribution in [0.25, 0.3) is 0 Å². The summed E-state index contributed by atoms with van der Waals surface area (Å²) in [6, 6.07) is 4.94. The molecule has 108 valence electrons. The van der Waals surface area contributed by atoms with Gasteiger partial charge in [-0.2, -0.15) is 9.57 Å². The van der Waals surface area contributed by atoms with Crippen molar-refractivity contribution in [2.24, 2.45) is 0 Å². The lowest BCUT2D eigenvalue weighted by Crippen LogP contribution is -2.48. The summed E-state index contributed by atoms with van der Waals surface area (Å²) in [5, 5.41) is 8.57. The highest BCUT2D eigenvalue weighted by Crippen LogP contribution is 2.23. The molecule has 0 unspecified atom stereocenters. The van der Waals surface area contributed by atoms with Gasteiger partial charge in [0.15, 0.2) is 4.90 Å². The number of hydrogen-bond donors (Lipinski definition) is 0. The van der Waals surface area contributed by atoms with E-state index in [1.807, 2.05) is 6.07 Å². The minimum atomic E-state index is -4.19. The number of nitriles is 1. The van der Waals surface area contributed by atoms with E-state index in [9.17, 15) is 17.2 Å². The fourth-order valence-corrected chi connectivity index (χ4v) is 3.62. The van der Waals surface area contributed by atoms with Crippen molar-refractivity contribution in [1.29, 1.82) is 5.26 Å². The normalized spacial score (nSPS) is 17.9. The average Bonchev–Trinajstić information content (AvgIpc) is 2.39. The van der Waals surface area contributed by atoms with E-state index < -0.39 is 26.6 Å². The van der Waals surface area contributed by atoms with Crippen LogP contribution in [0, 0.1) is 23.0 Å². The molecule has 0 aromatic heterocycles. The van der Waals surface area contributed by atoms with Crippen molar-refractivity contribution >= 4 is 10.0 Å². The van der Waals surface area contributed by atoms with E-state index in [2.05, 4.69) is 0 Å². The third-order valence-electron chi connectivity index (χ3n) is 3.14. The van der Waals surface area contributed by atoms with Crippen LogP contribution in [0.15, 0.2) is 23.1 Å². The molecule has 2 rings (SSSR count). The number of benzene rings is 1. The van der Waals surface area contributed by atoms with Gasteiger partial charge in [-0.15, -0.1) is 0 Å². The molecular formula is C12H13F2N3O2S. The van der Waals surface area contributed by atoms with Crippen LogP contribution in [0.3, 0.4) is 0 Å². The van der Waals surface area contributed by atoms with E-state index in [-0.39, 0.29) is 19.6 Å². The topological polar surface area (TPSA) is 64.4 Å². The van der Waals surface area contributed by atoms with Crippen molar-refractivity contribution in [3.8, 4) is 6.07 Å².